The van der Waals surface area contributed by atoms with Gasteiger partial charge >= 0.3 is 5.97 Å². The first-order valence-electron chi connectivity index (χ1n) is 6.23. The Hall–Kier alpha value is -1.69. The highest BCUT2D eigenvalue weighted by Gasteiger charge is 2.29. The van der Waals surface area contributed by atoms with Gasteiger partial charge in [-0.25, -0.2) is 8.78 Å². The van der Waals surface area contributed by atoms with Crippen molar-refractivity contribution < 1.29 is 23.4 Å². The molecule has 1 rings (SSSR count). The van der Waals surface area contributed by atoms with Gasteiger partial charge in [0.05, 0.1) is 5.41 Å². The molecule has 0 amide bonds. The predicted octanol–water partition coefficient (Wildman–Crippen LogP) is 2.34. The third-order valence-electron chi connectivity index (χ3n) is 2.77. The molecule has 0 fully saturated rings. The summed E-state index contributed by atoms with van der Waals surface area (Å²) in [7, 11) is 0. The fraction of sp³-hybridized carbons (Fsp3) is 0.500. The van der Waals surface area contributed by atoms with Crippen LogP contribution in [0.25, 0.3) is 0 Å². The van der Waals surface area contributed by atoms with Gasteiger partial charge in [0.2, 0.25) is 0 Å². The minimum absolute atomic E-state index is 0.216. The van der Waals surface area contributed by atoms with Crippen LogP contribution in [0, 0.1) is 17.0 Å². The molecule has 0 aromatic heterocycles. The van der Waals surface area contributed by atoms with E-state index in [2.05, 4.69) is 0 Å². The Bertz CT molecular complexity index is 478. The molecule has 4 nitrogen and oxygen atoms in total. The fourth-order valence-electron chi connectivity index (χ4n) is 1.55. The fourth-order valence-corrected chi connectivity index (χ4v) is 1.55. The summed E-state index contributed by atoms with van der Waals surface area (Å²) in [5, 5.41) is 8.92. The second kappa shape index (κ2) is 6.17. The lowest BCUT2D eigenvalue weighted by molar-refractivity contribution is -0.148. The SMILES string of the molecule is CC(N)Cc1cc(F)c(OCC(C)(C)C(=O)O)c(F)c1. The summed E-state index contributed by atoms with van der Waals surface area (Å²) in [4.78, 5) is 10.9. The molecule has 0 saturated carbocycles. The van der Waals surface area contributed by atoms with Gasteiger partial charge in [-0.05, 0) is 44.9 Å². The summed E-state index contributed by atoms with van der Waals surface area (Å²) in [6, 6.07) is 2.08. The zero-order chi connectivity index (χ0) is 15.5. The molecule has 1 aromatic rings. The van der Waals surface area contributed by atoms with Crippen molar-refractivity contribution in [3.63, 3.8) is 0 Å². The molecule has 3 N–H and O–H groups in total. The number of carbonyl (C=O) groups is 1. The summed E-state index contributed by atoms with van der Waals surface area (Å²) in [5.41, 5.74) is 4.77. The zero-order valence-corrected chi connectivity index (χ0v) is 11.7. The van der Waals surface area contributed by atoms with Crippen molar-refractivity contribution in [2.75, 3.05) is 6.61 Å². The molecule has 1 unspecified atom stereocenters. The van der Waals surface area contributed by atoms with Crippen molar-refractivity contribution in [2.24, 2.45) is 11.1 Å². The molecule has 0 spiro atoms. The average Bonchev–Trinajstić information content (AvgIpc) is 2.26. The number of hydrogen-bond donors (Lipinski definition) is 2. The Morgan fingerprint density at radius 2 is 1.90 bits per heavy atom. The lowest BCUT2D eigenvalue weighted by Crippen LogP contribution is -2.31. The highest BCUT2D eigenvalue weighted by Crippen LogP contribution is 2.26. The Morgan fingerprint density at radius 3 is 2.30 bits per heavy atom. The third kappa shape index (κ3) is 4.16. The van der Waals surface area contributed by atoms with Crippen molar-refractivity contribution in [3.8, 4) is 5.75 Å². The minimum Gasteiger partial charge on any atom is -0.486 e. The van der Waals surface area contributed by atoms with Gasteiger partial charge in [-0.2, -0.15) is 0 Å². The summed E-state index contributed by atoms with van der Waals surface area (Å²) < 4.78 is 32.6. The van der Waals surface area contributed by atoms with Crippen LogP contribution in [0.4, 0.5) is 8.78 Å². The van der Waals surface area contributed by atoms with Crippen LogP contribution in [0.3, 0.4) is 0 Å². The first-order valence-corrected chi connectivity index (χ1v) is 6.23. The smallest absolute Gasteiger partial charge is 0.312 e. The number of nitrogens with two attached hydrogens (primary N) is 1. The molecule has 0 aliphatic heterocycles. The monoisotopic (exact) mass is 287 g/mol. The van der Waals surface area contributed by atoms with Crippen LogP contribution in [0.15, 0.2) is 12.1 Å². The van der Waals surface area contributed by atoms with Crippen LogP contribution >= 0.6 is 0 Å². The van der Waals surface area contributed by atoms with Crippen molar-refractivity contribution in [3.05, 3.63) is 29.3 Å². The number of rotatable bonds is 6. The van der Waals surface area contributed by atoms with Crippen LogP contribution < -0.4 is 10.5 Å². The van der Waals surface area contributed by atoms with E-state index in [9.17, 15) is 13.6 Å². The molecule has 1 aromatic carbocycles. The van der Waals surface area contributed by atoms with Gasteiger partial charge in [-0.1, -0.05) is 0 Å². The van der Waals surface area contributed by atoms with Gasteiger partial charge in [0, 0.05) is 6.04 Å². The summed E-state index contributed by atoms with van der Waals surface area (Å²) in [5.74, 6) is -3.39. The number of carboxylic acids is 1. The maximum absolute atomic E-state index is 13.8. The Kier molecular flexibility index (Phi) is 5.05. The van der Waals surface area contributed by atoms with Crippen LogP contribution in [-0.2, 0) is 11.2 Å². The molecule has 6 heteroatoms. The molecular formula is C14H19F2NO3. The third-order valence-corrected chi connectivity index (χ3v) is 2.77. The predicted molar refractivity (Wildman–Crippen MR) is 70.6 cm³/mol. The second-order valence-electron chi connectivity index (χ2n) is 5.55. The lowest BCUT2D eigenvalue weighted by atomic mass is 9.95. The molecule has 0 heterocycles. The van der Waals surface area contributed by atoms with Crippen molar-refractivity contribution in [1.82, 2.24) is 0 Å². The molecule has 0 saturated heterocycles. The van der Waals surface area contributed by atoms with Crippen LogP contribution in [0.5, 0.6) is 5.75 Å². The number of halogens is 2. The largest absolute Gasteiger partial charge is 0.486 e. The average molecular weight is 287 g/mol. The molecule has 0 aliphatic rings. The van der Waals surface area contributed by atoms with Crippen molar-refractivity contribution in [1.29, 1.82) is 0 Å². The van der Waals surface area contributed by atoms with E-state index in [0.29, 0.717) is 12.0 Å². The van der Waals surface area contributed by atoms with Crippen molar-refractivity contribution >= 4 is 5.97 Å². The summed E-state index contributed by atoms with van der Waals surface area (Å²) in [6.45, 7) is 4.23. The normalized spacial score (nSPS) is 13.1. The quantitative estimate of drug-likeness (QED) is 0.842. The molecular weight excluding hydrogens is 268 g/mol. The molecule has 112 valence electrons. The van der Waals surface area contributed by atoms with E-state index in [1.165, 1.54) is 13.8 Å². The minimum atomic E-state index is -1.23. The van der Waals surface area contributed by atoms with Gasteiger partial charge in [0.25, 0.3) is 0 Å². The number of benzene rings is 1. The molecule has 0 aliphatic carbocycles. The molecule has 0 radical (unpaired) electrons. The summed E-state index contributed by atoms with van der Waals surface area (Å²) >= 11 is 0. The van der Waals surface area contributed by atoms with Gasteiger partial charge < -0.3 is 15.6 Å². The number of hydrogen-bond acceptors (Lipinski definition) is 3. The maximum Gasteiger partial charge on any atom is 0.312 e. The van der Waals surface area contributed by atoms with E-state index in [-0.39, 0.29) is 12.6 Å². The number of ether oxygens (including phenoxy) is 1. The van der Waals surface area contributed by atoms with E-state index in [1.54, 1.807) is 6.92 Å². The lowest BCUT2D eigenvalue weighted by Gasteiger charge is -2.20. The van der Waals surface area contributed by atoms with Gasteiger partial charge in [0.1, 0.15) is 6.61 Å². The first-order chi connectivity index (χ1) is 9.13. The Morgan fingerprint density at radius 1 is 1.40 bits per heavy atom. The summed E-state index contributed by atoms with van der Waals surface area (Å²) in [6.07, 6.45) is 0.342. The van der Waals surface area contributed by atoms with Gasteiger partial charge in [-0.15, -0.1) is 0 Å². The molecule has 1 atom stereocenters. The van der Waals surface area contributed by atoms with Crippen LogP contribution in [0.2, 0.25) is 0 Å². The highest BCUT2D eigenvalue weighted by molar-refractivity contribution is 5.73. The maximum atomic E-state index is 13.8. The van der Waals surface area contributed by atoms with E-state index < -0.39 is 28.8 Å². The van der Waals surface area contributed by atoms with E-state index >= 15 is 0 Å². The standard InChI is InChI=1S/C14H19F2NO3/c1-8(17)4-9-5-10(15)12(11(16)6-9)20-7-14(2,3)13(18)19/h5-6,8H,4,7,17H2,1-3H3,(H,18,19). The number of aliphatic carboxylic acids is 1. The van der Waals surface area contributed by atoms with E-state index in [4.69, 9.17) is 15.6 Å². The van der Waals surface area contributed by atoms with Crippen molar-refractivity contribution in [2.45, 2.75) is 33.2 Å². The first kappa shape index (κ1) is 16.4. The van der Waals surface area contributed by atoms with Gasteiger partial charge in [-0.3, -0.25) is 4.79 Å². The van der Waals surface area contributed by atoms with Gasteiger partial charge in [0.15, 0.2) is 17.4 Å². The van der Waals surface area contributed by atoms with Crippen LogP contribution in [-0.4, -0.2) is 23.7 Å². The topological polar surface area (TPSA) is 72.5 Å². The second-order valence-corrected chi connectivity index (χ2v) is 5.55. The Labute approximate surface area is 116 Å². The van der Waals surface area contributed by atoms with Crippen LogP contribution in [0.1, 0.15) is 26.3 Å². The molecule has 0 bridgehead atoms. The molecule has 20 heavy (non-hydrogen) atoms. The highest BCUT2D eigenvalue weighted by atomic mass is 19.1. The Balaban J connectivity index is 2.89. The number of carboxylic acid groups (broad SMARTS) is 1. The van der Waals surface area contributed by atoms with E-state index in [1.807, 2.05) is 0 Å². The van der Waals surface area contributed by atoms with E-state index in [0.717, 1.165) is 12.1 Å². The zero-order valence-electron chi connectivity index (χ0n) is 11.7.